The average molecular weight is 254 g/mol. The van der Waals surface area contributed by atoms with E-state index < -0.39 is 0 Å². The van der Waals surface area contributed by atoms with Gasteiger partial charge in [-0.2, -0.15) is 0 Å². The van der Waals surface area contributed by atoms with E-state index in [9.17, 15) is 0 Å². The molecule has 0 amide bonds. The molecule has 0 bridgehead atoms. The molecule has 1 atom stereocenters. The molecule has 2 heteroatoms. The van der Waals surface area contributed by atoms with E-state index in [-0.39, 0.29) is 11.7 Å². The van der Waals surface area contributed by atoms with Crippen molar-refractivity contribution in [3.8, 4) is 5.75 Å². The highest BCUT2D eigenvalue weighted by Crippen LogP contribution is 2.45. The van der Waals surface area contributed by atoms with Crippen LogP contribution in [0.2, 0.25) is 0 Å². The maximum Gasteiger partial charge on any atom is 0.118 e. The largest absolute Gasteiger partial charge is 0.497 e. The van der Waals surface area contributed by atoms with Crippen molar-refractivity contribution in [1.82, 2.24) is 0 Å². The number of fused-ring (bicyclic) bond motifs is 1. The first kappa shape index (κ1) is 12.2. The molecule has 1 aliphatic rings. The lowest BCUT2D eigenvalue weighted by atomic mass is 9.93. The van der Waals surface area contributed by atoms with Gasteiger partial charge in [0.05, 0.1) is 12.7 Å². The van der Waals surface area contributed by atoms with E-state index in [0.717, 1.165) is 5.75 Å². The Labute approximate surface area is 114 Å². The molecule has 1 heterocycles. The molecule has 0 fully saturated rings. The van der Waals surface area contributed by atoms with Gasteiger partial charge >= 0.3 is 0 Å². The summed E-state index contributed by atoms with van der Waals surface area (Å²) in [5, 5.41) is 0. The third-order valence-electron chi connectivity index (χ3n) is 3.72. The Bertz CT molecular complexity index is 584. The molecule has 0 unspecified atom stereocenters. The quantitative estimate of drug-likeness (QED) is 0.805. The topological polar surface area (TPSA) is 18.5 Å². The molecule has 3 rings (SSSR count). The predicted molar refractivity (Wildman–Crippen MR) is 75.4 cm³/mol. The molecular weight excluding hydrogens is 236 g/mol. The fourth-order valence-corrected chi connectivity index (χ4v) is 2.72. The molecule has 2 nitrogen and oxygen atoms in total. The Morgan fingerprint density at radius 2 is 1.68 bits per heavy atom. The Morgan fingerprint density at radius 1 is 1.00 bits per heavy atom. The van der Waals surface area contributed by atoms with Crippen LogP contribution in [0.3, 0.4) is 0 Å². The zero-order chi connectivity index (χ0) is 13.5. The third-order valence-corrected chi connectivity index (χ3v) is 3.72. The number of hydrogen-bond acceptors (Lipinski definition) is 2. The number of benzene rings is 2. The normalized spacial score (nSPS) is 20.1. The van der Waals surface area contributed by atoms with Gasteiger partial charge in [0.1, 0.15) is 11.9 Å². The third kappa shape index (κ3) is 2.02. The highest BCUT2D eigenvalue weighted by molar-refractivity contribution is 5.43. The average Bonchev–Trinajstić information content (AvgIpc) is 2.72. The van der Waals surface area contributed by atoms with Gasteiger partial charge in [0.15, 0.2) is 0 Å². The molecule has 98 valence electrons. The maximum absolute atomic E-state index is 6.24. The van der Waals surface area contributed by atoms with Crippen molar-refractivity contribution in [1.29, 1.82) is 0 Å². The van der Waals surface area contributed by atoms with Gasteiger partial charge in [0.25, 0.3) is 0 Å². The monoisotopic (exact) mass is 254 g/mol. The van der Waals surface area contributed by atoms with Crippen molar-refractivity contribution < 1.29 is 9.47 Å². The molecule has 19 heavy (non-hydrogen) atoms. The number of ether oxygens (including phenoxy) is 2. The van der Waals surface area contributed by atoms with Crippen LogP contribution in [0, 0.1) is 0 Å². The van der Waals surface area contributed by atoms with Gasteiger partial charge in [-0.3, -0.25) is 0 Å². The van der Waals surface area contributed by atoms with Gasteiger partial charge in [-0.1, -0.05) is 36.4 Å². The van der Waals surface area contributed by atoms with Gasteiger partial charge < -0.3 is 9.47 Å². The van der Waals surface area contributed by atoms with Crippen LogP contribution in [-0.2, 0) is 10.3 Å². The van der Waals surface area contributed by atoms with Crippen molar-refractivity contribution in [2.75, 3.05) is 7.11 Å². The van der Waals surface area contributed by atoms with Gasteiger partial charge in [-0.15, -0.1) is 0 Å². The lowest BCUT2D eigenvalue weighted by molar-refractivity contribution is -0.0340. The van der Waals surface area contributed by atoms with Crippen LogP contribution >= 0.6 is 0 Å². The summed E-state index contributed by atoms with van der Waals surface area (Å²) in [6, 6.07) is 16.5. The summed E-state index contributed by atoms with van der Waals surface area (Å²) in [5.74, 6) is 0.870. The Kier molecular flexibility index (Phi) is 2.83. The molecule has 2 aromatic rings. The molecule has 0 saturated heterocycles. The van der Waals surface area contributed by atoms with Gasteiger partial charge in [0, 0.05) is 0 Å². The second-order valence-corrected chi connectivity index (χ2v) is 5.37. The van der Waals surface area contributed by atoms with E-state index in [0.29, 0.717) is 0 Å². The Hall–Kier alpha value is -1.80. The lowest BCUT2D eigenvalue weighted by Crippen LogP contribution is -2.15. The predicted octanol–water partition coefficient (Wildman–Crippen LogP) is 4.05. The molecule has 1 aliphatic heterocycles. The molecule has 0 radical (unpaired) electrons. The summed E-state index contributed by atoms with van der Waals surface area (Å²) >= 11 is 0. The fraction of sp³-hybridized carbons (Fsp3) is 0.294. The van der Waals surface area contributed by atoms with Crippen molar-refractivity contribution in [2.24, 2.45) is 0 Å². The lowest BCUT2D eigenvalue weighted by Gasteiger charge is -2.20. The van der Waals surface area contributed by atoms with Crippen LogP contribution in [0.25, 0.3) is 0 Å². The summed E-state index contributed by atoms with van der Waals surface area (Å²) in [5.41, 5.74) is 3.47. The van der Waals surface area contributed by atoms with Crippen LogP contribution in [-0.4, -0.2) is 7.11 Å². The second-order valence-electron chi connectivity index (χ2n) is 5.37. The maximum atomic E-state index is 6.24. The minimum absolute atomic E-state index is 0.0112. The van der Waals surface area contributed by atoms with Gasteiger partial charge in [-0.05, 0) is 42.7 Å². The number of rotatable bonds is 2. The second kappa shape index (κ2) is 4.39. The van der Waals surface area contributed by atoms with Crippen molar-refractivity contribution in [2.45, 2.75) is 25.6 Å². The smallest absolute Gasteiger partial charge is 0.118 e. The zero-order valence-electron chi connectivity index (χ0n) is 11.5. The highest BCUT2D eigenvalue weighted by atomic mass is 16.5. The number of hydrogen-bond donors (Lipinski definition) is 0. The van der Waals surface area contributed by atoms with E-state index in [2.05, 4.69) is 50.2 Å². The van der Waals surface area contributed by atoms with E-state index in [1.165, 1.54) is 16.7 Å². The first-order valence-corrected chi connectivity index (χ1v) is 6.53. The summed E-state index contributed by atoms with van der Waals surface area (Å²) in [6.07, 6.45) is 0.0112. The van der Waals surface area contributed by atoms with Crippen molar-refractivity contribution in [3.63, 3.8) is 0 Å². The molecular formula is C17H18O2. The summed E-state index contributed by atoms with van der Waals surface area (Å²) in [6.45, 7) is 4.24. The SMILES string of the molecule is COc1ccc([C@@H]2OC(C)(C)c3ccccc32)cc1. The zero-order valence-corrected chi connectivity index (χ0v) is 11.5. The van der Waals surface area contributed by atoms with Crippen LogP contribution in [0.15, 0.2) is 48.5 Å². The van der Waals surface area contributed by atoms with Crippen molar-refractivity contribution >= 4 is 0 Å². The molecule has 0 spiro atoms. The minimum Gasteiger partial charge on any atom is -0.497 e. The van der Waals surface area contributed by atoms with Gasteiger partial charge in [-0.25, -0.2) is 0 Å². The van der Waals surface area contributed by atoms with Gasteiger partial charge in [0.2, 0.25) is 0 Å². The Morgan fingerprint density at radius 3 is 2.37 bits per heavy atom. The van der Waals surface area contributed by atoms with Crippen molar-refractivity contribution in [3.05, 3.63) is 65.2 Å². The van der Waals surface area contributed by atoms with Crippen LogP contribution in [0.4, 0.5) is 0 Å². The summed E-state index contributed by atoms with van der Waals surface area (Å²) in [7, 11) is 1.68. The highest BCUT2D eigenvalue weighted by Gasteiger charge is 2.37. The van der Waals surface area contributed by atoms with E-state index in [1.807, 2.05) is 12.1 Å². The standard InChI is InChI=1S/C17H18O2/c1-17(2)15-7-5-4-6-14(15)16(19-17)12-8-10-13(18-3)11-9-12/h4-11,16H,1-3H3/t16-/m0/s1. The van der Waals surface area contributed by atoms with E-state index >= 15 is 0 Å². The number of methoxy groups -OCH3 is 1. The molecule has 0 aromatic heterocycles. The first-order valence-electron chi connectivity index (χ1n) is 6.53. The van der Waals surface area contributed by atoms with E-state index in [1.54, 1.807) is 7.11 Å². The molecule has 2 aromatic carbocycles. The fourth-order valence-electron chi connectivity index (χ4n) is 2.72. The Balaban J connectivity index is 2.03. The molecule has 0 saturated carbocycles. The van der Waals surface area contributed by atoms with Crippen LogP contribution in [0.1, 0.15) is 36.6 Å². The van der Waals surface area contributed by atoms with Crippen LogP contribution in [0.5, 0.6) is 5.75 Å². The molecule has 0 N–H and O–H groups in total. The van der Waals surface area contributed by atoms with Crippen LogP contribution < -0.4 is 4.74 Å². The minimum atomic E-state index is -0.235. The summed E-state index contributed by atoms with van der Waals surface area (Å²) < 4.78 is 11.4. The van der Waals surface area contributed by atoms with E-state index in [4.69, 9.17) is 9.47 Å². The first-order chi connectivity index (χ1) is 9.12. The molecule has 0 aliphatic carbocycles. The summed E-state index contributed by atoms with van der Waals surface area (Å²) in [4.78, 5) is 0.